The molecule has 2 aromatic carbocycles. The van der Waals surface area contributed by atoms with E-state index in [4.69, 9.17) is 0 Å². The van der Waals surface area contributed by atoms with Crippen molar-refractivity contribution < 1.29 is 12.4 Å². The Labute approximate surface area is 113 Å². The molecule has 0 radical (unpaired) electrons. The van der Waals surface area contributed by atoms with Crippen molar-refractivity contribution in [2.45, 2.75) is 0 Å². The van der Waals surface area contributed by atoms with Gasteiger partial charge < -0.3 is 12.4 Å². The topological polar surface area (TPSA) is 0 Å². The van der Waals surface area contributed by atoms with Crippen LogP contribution in [0.4, 0.5) is 0 Å². The Morgan fingerprint density at radius 2 is 1.27 bits per heavy atom. The van der Waals surface area contributed by atoms with Gasteiger partial charge in [-0.3, -0.25) is 0 Å². The van der Waals surface area contributed by atoms with Crippen molar-refractivity contribution in [3.63, 3.8) is 0 Å². The first-order chi connectivity index (χ1) is 6.38. The number of hydrogen-bond donors (Lipinski definition) is 0. The van der Waals surface area contributed by atoms with Crippen LogP contribution < -0.4 is 12.4 Å². The van der Waals surface area contributed by atoms with Gasteiger partial charge in [0.1, 0.15) is 0 Å². The minimum atomic E-state index is 0. The van der Waals surface area contributed by atoms with Crippen LogP contribution in [0.3, 0.4) is 0 Å². The summed E-state index contributed by atoms with van der Waals surface area (Å²) < 4.78 is 0. The summed E-state index contributed by atoms with van der Waals surface area (Å²) >= 11 is 0. The molecule has 2 rings (SSSR count). The van der Waals surface area contributed by atoms with Crippen molar-refractivity contribution in [1.29, 1.82) is 0 Å². The Morgan fingerprint density at radius 3 is 1.87 bits per heavy atom. The molecule has 0 nitrogen and oxygen atoms in total. The molecule has 0 aliphatic rings. The molecule has 2 heteroatoms. The van der Waals surface area contributed by atoms with E-state index in [2.05, 4.69) is 25.1 Å². The zero-order chi connectivity index (χ0) is 9.10. The van der Waals surface area contributed by atoms with Gasteiger partial charge in [-0.25, -0.2) is 0 Å². The van der Waals surface area contributed by atoms with Crippen LogP contribution in [0.2, 0.25) is 0 Å². The molecule has 0 aliphatic carbocycles. The van der Waals surface area contributed by atoms with Crippen molar-refractivity contribution in [3.05, 3.63) is 67.1 Å². The normalized spacial score (nSPS) is 8.53. The molecule has 0 N–H and O–H groups in total. The summed E-state index contributed by atoms with van der Waals surface area (Å²) in [5.41, 5.74) is 3.52. The summed E-state index contributed by atoms with van der Waals surface area (Å²) in [5, 5.41) is 0. The average molecular weight is 227 g/mol. The van der Waals surface area contributed by atoms with Crippen LogP contribution in [0.15, 0.2) is 54.6 Å². The number of halogens is 1. The van der Waals surface area contributed by atoms with Gasteiger partial charge in [0.15, 0.2) is 0 Å². The molecule has 0 aliphatic heterocycles. The van der Waals surface area contributed by atoms with Gasteiger partial charge in [0.05, 0.1) is 0 Å². The van der Waals surface area contributed by atoms with Crippen LogP contribution in [-0.2, 0) is 0 Å². The van der Waals surface area contributed by atoms with E-state index >= 15 is 0 Å². The SMILES string of the molecule is [CH2-]c1ccccc1-c1ccccc1.[Cl-].[Mg+2]. The Bertz CT molecular complexity index is 398. The van der Waals surface area contributed by atoms with Crippen LogP contribution in [0, 0.1) is 6.92 Å². The summed E-state index contributed by atoms with van der Waals surface area (Å²) in [6.45, 7) is 4.00. The molecule has 0 aromatic heterocycles. The van der Waals surface area contributed by atoms with Crippen molar-refractivity contribution in [2.75, 3.05) is 0 Å². The summed E-state index contributed by atoms with van der Waals surface area (Å²) in [6, 6.07) is 18.5. The number of benzene rings is 2. The third kappa shape index (κ3) is 3.45. The van der Waals surface area contributed by atoms with Gasteiger partial charge in [-0.1, -0.05) is 42.0 Å². The summed E-state index contributed by atoms with van der Waals surface area (Å²) in [4.78, 5) is 0. The fourth-order valence-corrected chi connectivity index (χ4v) is 1.42. The summed E-state index contributed by atoms with van der Waals surface area (Å²) in [7, 11) is 0. The molecule has 2 aromatic rings. The third-order valence-electron chi connectivity index (χ3n) is 2.10. The van der Waals surface area contributed by atoms with Crippen molar-refractivity contribution in [1.82, 2.24) is 0 Å². The smallest absolute Gasteiger partial charge is 1.00 e. The van der Waals surface area contributed by atoms with Crippen molar-refractivity contribution in [2.24, 2.45) is 0 Å². The monoisotopic (exact) mass is 226 g/mol. The van der Waals surface area contributed by atoms with E-state index < -0.39 is 0 Å². The Hall–Kier alpha value is -0.634. The molecule has 0 bridgehead atoms. The van der Waals surface area contributed by atoms with E-state index in [1.54, 1.807) is 0 Å². The van der Waals surface area contributed by atoms with Crippen LogP contribution >= 0.6 is 0 Å². The molecule has 0 heterocycles. The standard InChI is InChI=1S/C13H11.ClH.Mg/c1-11-7-5-6-10-13(11)12-8-3-2-4-9-12;;/h2-10H,1H2;1H;/q-1;;+2/p-1. The van der Waals surface area contributed by atoms with E-state index in [0.717, 1.165) is 5.56 Å². The Balaban J connectivity index is 0.000000980. The van der Waals surface area contributed by atoms with Crippen molar-refractivity contribution >= 4 is 23.1 Å². The van der Waals surface area contributed by atoms with E-state index in [-0.39, 0.29) is 35.5 Å². The number of hydrogen-bond acceptors (Lipinski definition) is 0. The Morgan fingerprint density at radius 1 is 0.733 bits per heavy atom. The molecule has 0 atom stereocenters. The average Bonchev–Trinajstić information content (AvgIpc) is 2.20. The van der Waals surface area contributed by atoms with E-state index in [9.17, 15) is 0 Å². The predicted molar refractivity (Wildman–Crippen MR) is 62.1 cm³/mol. The maximum atomic E-state index is 4.00. The largest absolute Gasteiger partial charge is 2.00 e. The molecular formula is C13H11ClMg. The Kier molecular flexibility index (Phi) is 6.49. The first-order valence-electron chi connectivity index (χ1n) is 4.34. The second-order valence-corrected chi connectivity index (χ2v) is 3.02. The summed E-state index contributed by atoms with van der Waals surface area (Å²) in [6.07, 6.45) is 0. The van der Waals surface area contributed by atoms with Crippen molar-refractivity contribution in [3.8, 4) is 11.1 Å². The van der Waals surface area contributed by atoms with Crippen LogP contribution in [-0.4, -0.2) is 23.1 Å². The molecular weight excluding hydrogens is 216 g/mol. The fraction of sp³-hybridized carbons (Fsp3) is 0. The molecule has 0 unspecified atom stereocenters. The van der Waals surface area contributed by atoms with Gasteiger partial charge in [0, 0.05) is 0 Å². The van der Waals surface area contributed by atoms with Gasteiger partial charge >= 0.3 is 23.1 Å². The predicted octanol–water partition coefficient (Wildman–Crippen LogP) is 0.159. The molecule has 0 saturated heterocycles. The number of rotatable bonds is 1. The zero-order valence-electron chi connectivity index (χ0n) is 8.49. The van der Waals surface area contributed by atoms with Gasteiger partial charge in [-0.05, 0) is 0 Å². The van der Waals surface area contributed by atoms with Gasteiger partial charge in [0.2, 0.25) is 0 Å². The first kappa shape index (κ1) is 14.4. The molecule has 0 fully saturated rings. The van der Waals surface area contributed by atoms with E-state index in [1.165, 1.54) is 11.1 Å². The van der Waals surface area contributed by atoms with Crippen LogP contribution in [0.1, 0.15) is 5.56 Å². The molecule has 0 saturated carbocycles. The quantitative estimate of drug-likeness (QED) is 0.480. The first-order valence-corrected chi connectivity index (χ1v) is 4.34. The molecule has 72 valence electrons. The molecule has 0 amide bonds. The van der Waals surface area contributed by atoms with Gasteiger partial charge in [-0.2, -0.15) is 18.6 Å². The fourth-order valence-electron chi connectivity index (χ4n) is 1.42. The zero-order valence-corrected chi connectivity index (χ0v) is 10.7. The second kappa shape index (κ2) is 6.78. The minimum Gasteiger partial charge on any atom is -1.00 e. The van der Waals surface area contributed by atoms with Gasteiger partial charge in [-0.15, -0.1) is 17.7 Å². The summed E-state index contributed by atoms with van der Waals surface area (Å²) in [5.74, 6) is 0. The van der Waals surface area contributed by atoms with E-state index in [1.807, 2.05) is 36.4 Å². The van der Waals surface area contributed by atoms with Crippen LogP contribution in [0.25, 0.3) is 11.1 Å². The maximum Gasteiger partial charge on any atom is 2.00 e. The maximum absolute atomic E-state index is 4.00. The third-order valence-corrected chi connectivity index (χ3v) is 2.10. The van der Waals surface area contributed by atoms with Crippen LogP contribution in [0.5, 0.6) is 0 Å². The second-order valence-electron chi connectivity index (χ2n) is 3.02. The molecule has 15 heavy (non-hydrogen) atoms. The van der Waals surface area contributed by atoms with E-state index in [0.29, 0.717) is 0 Å². The molecule has 0 spiro atoms. The van der Waals surface area contributed by atoms with Gasteiger partial charge in [0.25, 0.3) is 0 Å². The minimum absolute atomic E-state index is 0.